The van der Waals surface area contributed by atoms with Gasteiger partial charge in [-0.15, -0.1) is 0 Å². The Labute approximate surface area is 76.0 Å². The van der Waals surface area contributed by atoms with E-state index in [2.05, 4.69) is 23.3 Å². The van der Waals surface area contributed by atoms with Gasteiger partial charge in [0.1, 0.15) is 0 Å². The minimum Gasteiger partial charge on any atom is -0.280 e. The van der Waals surface area contributed by atoms with E-state index in [1.807, 2.05) is 6.20 Å². The minimum atomic E-state index is 1.15. The second-order valence-corrected chi connectivity index (χ2v) is 2.93. The highest BCUT2D eigenvalue weighted by Gasteiger charge is 1.85. The summed E-state index contributed by atoms with van der Waals surface area (Å²) in [6, 6.07) is 0. The Hall–Kier alpha value is -0.500. The zero-order valence-corrected chi connectivity index (χ0v) is 8.31. The van der Waals surface area contributed by atoms with Gasteiger partial charge < -0.3 is 0 Å². The van der Waals surface area contributed by atoms with E-state index >= 15 is 0 Å². The molecule has 0 radical (unpaired) electrons. The third kappa shape index (κ3) is 9.50. The van der Waals surface area contributed by atoms with Crippen LogP contribution in [0.5, 0.6) is 0 Å². The Kier molecular flexibility index (Phi) is 10.1. The topological polar surface area (TPSA) is 21.3 Å². The van der Waals surface area contributed by atoms with Crippen LogP contribution in [0.3, 0.4) is 0 Å². The van der Waals surface area contributed by atoms with Gasteiger partial charge in [0.15, 0.2) is 0 Å². The fourth-order valence-electron chi connectivity index (χ4n) is 1.07. The molecule has 0 aliphatic heterocycles. The number of allylic oxidation sites excluding steroid dienone is 1. The maximum atomic E-state index is 4.65. The quantitative estimate of drug-likeness (QED) is 0.448. The van der Waals surface area contributed by atoms with E-state index in [-0.39, 0.29) is 0 Å². The van der Waals surface area contributed by atoms with Crippen molar-refractivity contribution in [2.24, 2.45) is 0 Å². The van der Waals surface area contributed by atoms with Gasteiger partial charge in [0.25, 0.3) is 0 Å². The normalized spacial score (nSPS) is 10.8. The minimum absolute atomic E-state index is 1.15. The summed E-state index contributed by atoms with van der Waals surface area (Å²) in [6.07, 6.45) is 11.8. The largest absolute Gasteiger partial charge is 0.280 e. The average Bonchev–Trinajstić information content (AvgIpc) is 2.10. The van der Waals surface area contributed by atoms with Crippen LogP contribution in [0.2, 0.25) is 0 Å². The molecule has 0 aromatic heterocycles. The first-order chi connectivity index (χ1) is 5.91. The number of hydroxylamine groups is 1. The number of unbranched alkanes of at least 4 members (excludes halogenated alkanes) is 5. The maximum absolute atomic E-state index is 4.65. The Morgan fingerprint density at radius 3 is 2.58 bits per heavy atom. The van der Waals surface area contributed by atoms with Crippen LogP contribution in [0.4, 0.5) is 0 Å². The van der Waals surface area contributed by atoms with Crippen molar-refractivity contribution < 1.29 is 4.84 Å². The monoisotopic (exact) mass is 171 g/mol. The van der Waals surface area contributed by atoms with E-state index in [9.17, 15) is 0 Å². The first-order valence-corrected chi connectivity index (χ1v) is 4.85. The molecule has 2 heteroatoms. The van der Waals surface area contributed by atoms with Crippen molar-refractivity contribution in [3.8, 4) is 0 Å². The van der Waals surface area contributed by atoms with E-state index in [0.29, 0.717) is 0 Å². The lowest BCUT2D eigenvalue weighted by molar-refractivity contribution is 0.128. The second kappa shape index (κ2) is 10.5. The third-order valence-electron chi connectivity index (χ3n) is 1.78. The van der Waals surface area contributed by atoms with Gasteiger partial charge >= 0.3 is 0 Å². The van der Waals surface area contributed by atoms with E-state index in [0.717, 1.165) is 6.42 Å². The Balaban J connectivity index is 2.90. The lowest BCUT2D eigenvalue weighted by atomic mass is 10.1. The summed E-state index contributed by atoms with van der Waals surface area (Å²) in [7, 11) is 1.62. The summed E-state index contributed by atoms with van der Waals surface area (Å²) in [5.74, 6) is 0. The zero-order chi connectivity index (χ0) is 9.07. The second-order valence-electron chi connectivity index (χ2n) is 2.93. The Morgan fingerprint density at radius 1 is 1.17 bits per heavy atom. The van der Waals surface area contributed by atoms with Crippen LogP contribution < -0.4 is 5.48 Å². The number of rotatable bonds is 8. The standard InChI is InChI=1S/C10H21NO/c1-3-4-5-6-7-8-9-10-11-12-2/h9-11H,3-8H2,1-2H3. The van der Waals surface area contributed by atoms with Gasteiger partial charge in [-0.05, 0) is 12.8 Å². The van der Waals surface area contributed by atoms with Crippen molar-refractivity contribution in [1.82, 2.24) is 5.48 Å². The lowest BCUT2D eigenvalue weighted by Crippen LogP contribution is -1.99. The van der Waals surface area contributed by atoms with Crippen molar-refractivity contribution in [3.63, 3.8) is 0 Å². The molecule has 0 aromatic carbocycles. The van der Waals surface area contributed by atoms with Crippen LogP contribution in [0, 0.1) is 0 Å². The number of hydrogen-bond donors (Lipinski definition) is 1. The average molecular weight is 171 g/mol. The molecule has 0 fully saturated rings. The lowest BCUT2D eigenvalue weighted by Gasteiger charge is -1.96. The molecule has 0 amide bonds. The molecule has 0 aliphatic rings. The molecule has 0 saturated heterocycles. The van der Waals surface area contributed by atoms with Gasteiger partial charge in [-0.3, -0.25) is 10.3 Å². The maximum Gasteiger partial charge on any atom is 0.0636 e. The summed E-state index contributed by atoms with van der Waals surface area (Å²) in [6.45, 7) is 2.24. The van der Waals surface area contributed by atoms with Crippen LogP contribution in [0.1, 0.15) is 45.4 Å². The Morgan fingerprint density at radius 2 is 1.92 bits per heavy atom. The molecular formula is C10H21NO. The molecule has 72 valence electrons. The van der Waals surface area contributed by atoms with Crippen molar-refractivity contribution in [3.05, 3.63) is 12.3 Å². The highest BCUT2D eigenvalue weighted by Crippen LogP contribution is 2.04. The van der Waals surface area contributed by atoms with Crippen molar-refractivity contribution in [1.29, 1.82) is 0 Å². The molecule has 0 atom stereocenters. The summed E-state index contributed by atoms with van der Waals surface area (Å²) < 4.78 is 0. The smallest absolute Gasteiger partial charge is 0.0636 e. The summed E-state index contributed by atoms with van der Waals surface area (Å²) >= 11 is 0. The third-order valence-corrected chi connectivity index (χ3v) is 1.78. The van der Waals surface area contributed by atoms with Gasteiger partial charge in [0.2, 0.25) is 0 Å². The van der Waals surface area contributed by atoms with Crippen LogP contribution in [0.15, 0.2) is 12.3 Å². The van der Waals surface area contributed by atoms with Gasteiger partial charge in [-0.25, -0.2) is 0 Å². The number of hydrogen-bond acceptors (Lipinski definition) is 2. The molecule has 12 heavy (non-hydrogen) atoms. The van der Waals surface area contributed by atoms with Crippen molar-refractivity contribution in [2.45, 2.75) is 45.4 Å². The van der Waals surface area contributed by atoms with Crippen molar-refractivity contribution in [2.75, 3.05) is 7.11 Å². The van der Waals surface area contributed by atoms with Crippen LogP contribution in [0.25, 0.3) is 0 Å². The summed E-state index contributed by atoms with van der Waals surface area (Å²) in [5.41, 5.74) is 2.67. The molecular weight excluding hydrogens is 150 g/mol. The molecule has 0 aliphatic carbocycles. The first-order valence-electron chi connectivity index (χ1n) is 4.85. The molecule has 0 bridgehead atoms. The molecule has 0 saturated carbocycles. The first kappa shape index (κ1) is 11.5. The molecule has 2 nitrogen and oxygen atoms in total. The number of nitrogens with one attached hydrogen (secondary N) is 1. The van der Waals surface area contributed by atoms with Gasteiger partial charge in [0, 0.05) is 6.20 Å². The van der Waals surface area contributed by atoms with E-state index < -0.39 is 0 Å². The van der Waals surface area contributed by atoms with Gasteiger partial charge in [-0.2, -0.15) is 0 Å². The van der Waals surface area contributed by atoms with Gasteiger partial charge in [0.05, 0.1) is 7.11 Å². The Bertz CT molecular complexity index is 102. The fraction of sp³-hybridized carbons (Fsp3) is 0.800. The fourth-order valence-corrected chi connectivity index (χ4v) is 1.07. The van der Waals surface area contributed by atoms with Crippen LogP contribution >= 0.6 is 0 Å². The predicted octanol–water partition coefficient (Wildman–Crippen LogP) is 3.01. The highest BCUT2D eigenvalue weighted by atomic mass is 16.6. The summed E-state index contributed by atoms with van der Waals surface area (Å²) in [4.78, 5) is 4.65. The predicted molar refractivity (Wildman–Crippen MR) is 52.7 cm³/mol. The van der Waals surface area contributed by atoms with Crippen molar-refractivity contribution >= 4 is 0 Å². The van der Waals surface area contributed by atoms with E-state index in [1.54, 1.807) is 7.11 Å². The highest BCUT2D eigenvalue weighted by molar-refractivity contribution is 4.75. The zero-order valence-electron chi connectivity index (χ0n) is 8.31. The van der Waals surface area contributed by atoms with Gasteiger partial charge in [-0.1, -0.05) is 38.7 Å². The molecule has 0 rings (SSSR count). The molecule has 0 heterocycles. The summed E-state index contributed by atoms with van der Waals surface area (Å²) in [5, 5.41) is 0. The van der Waals surface area contributed by atoms with Crippen LogP contribution in [-0.2, 0) is 4.84 Å². The molecule has 0 spiro atoms. The van der Waals surface area contributed by atoms with E-state index in [1.165, 1.54) is 32.1 Å². The molecule has 1 N–H and O–H groups in total. The van der Waals surface area contributed by atoms with E-state index in [4.69, 9.17) is 0 Å². The van der Waals surface area contributed by atoms with Crippen LogP contribution in [-0.4, -0.2) is 7.11 Å². The molecule has 0 unspecified atom stereocenters. The SMILES string of the molecule is CCCCCCCC=CNOC. The molecule has 0 aromatic rings.